The van der Waals surface area contributed by atoms with Gasteiger partial charge < -0.3 is 10.6 Å². The number of benzene rings is 1. The van der Waals surface area contributed by atoms with Crippen molar-refractivity contribution in [1.82, 2.24) is 4.98 Å². The zero-order valence-electron chi connectivity index (χ0n) is 10.1. The SMILES string of the molecule is CNc1c(F)cccc1C(=O)Nc1ccncc1F. The van der Waals surface area contributed by atoms with E-state index in [0.29, 0.717) is 0 Å². The van der Waals surface area contributed by atoms with Gasteiger partial charge in [-0.05, 0) is 18.2 Å². The Morgan fingerprint density at radius 1 is 1.21 bits per heavy atom. The Kier molecular flexibility index (Phi) is 3.70. The number of carbonyl (C=O) groups is 1. The number of amides is 1. The van der Waals surface area contributed by atoms with Gasteiger partial charge in [-0.1, -0.05) is 6.07 Å². The monoisotopic (exact) mass is 263 g/mol. The molecule has 1 heterocycles. The number of anilines is 2. The number of carbonyl (C=O) groups excluding carboxylic acids is 1. The molecule has 0 fully saturated rings. The van der Waals surface area contributed by atoms with E-state index in [1.807, 2.05) is 0 Å². The summed E-state index contributed by atoms with van der Waals surface area (Å²) in [6, 6.07) is 5.42. The number of nitrogens with zero attached hydrogens (tertiary/aromatic N) is 1. The van der Waals surface area contributed by atoms with Gasteiger partial charge in [-0.15, -0.1) is 0 Å². The Balaban J connectivity index is 2.31. The number of halogens is 2. The number of rotatable bonds is 3. The highest BCUT2D eigenvalue weighted by atomic mass is 19.1. The van der Waals surface area contributed by atoms with E-state index in [4.69, 9.17) is 0 Å². The minimum atomic E-state index is -0.654. The molecule has 0 bridgehead atoms. The predicted molar refractivity (Wildman–Crippen MR) is 68.1 cm³/mol. The zero-order valence-corrected chi connectivity index (χ0v) is 10.1. The number of hydrogen-bond donors (Lipinski definition) is 2. The lowest BCUT2D eigenvalue weighted by Crippen LogP contribution is -2.15. The van der Waals surface area contributed by atoms with Crippen molar-refractivity contribution in [3.8, 4) is 0 Å². The fourth-order valence-corrected chi connectivity index (χ4v) is 1.63. The summed E-state index contributed by atoms with van der Waals surface area (Å²) in [6.45, 7) is 0. The number of para-hydroxylation sites is 1. The molecule has 0 unspecified atom stereocenters. The molecule has 0 saturated carbocycles. The molecule has 19 heavy (non-hydrogen) atoms. The summed E-state index contributed by atoms with van der Waals surface area (Å²) in [5.74, 6) is -1.81. The Morgan fingerprint density at radius 2 is 2.00 bits per heavy atom. The van der Waals surface area contributed by atoms with Crippen LogP contribution in [0, 0.1) is 11.6 Å². The fraction of sp³-hybridized carbons (Fsp3) is 0.0769. The van der Waals surface area contributed by atoms with Crippen LogP contribution < -0.4 is 10.6 Å². The van der Waals surface area contributed by atoms with Crippen LogP contribution in [0.25, 0.3) is 0 Å². The summed E-state index contributed by atoms with van der Waals surface area (Å²) in [7, 11) is 1.50. The molecule has 0 spiro atoms. The van der Waals surface area contributed by atoms with Crippen LogP contribution in [0.4, 0.5) is 20.2 Å². The van der Waals surface area contributed by atoms with E-state index in [1.165, 1.54) is 37.5 Å². The number of aromatic nitrogens is 1. The normalized spacial score (nSPS) is 10.1. The maximum atomic E-state index is 13.5. The molecular weight excluding hydrogens is 252 g/mol. The Morgan fingerprint density at radius 3 is 2.68 bits per heavy atom. The second-order valence-electron chi connectivity index (χ2n) is 3.72. The first-order chi connectivity index (χ1) is 9.13. The van der Waals surface area contributed by atoms with Gasteiger partial charge >= 0.3 is 0 Å². The van der Waals surface area contributed by atoms with Gasteiger partial charge in [-0.3, -0.25) is 9.78 Å². The van der Waals surface area contributed by atoms with Crippen LogP contribution in [0.2, 0.25) is 0 Å². The fourth-order valence-electron chi connectivity index (χ4n) is 1.63. The molecule has 2 aromatic rings. The van der Waals surface area contributed by atoms with Crippen molar-refractivity contribution >= 4 is 17.3 Å². The summed E-state index contributed by atoms with van der Waals surface area (Å²) in [5.41, 5.74) is 0.152. The first-order valence-electron chi connectivity index (χ1n) is 5.50. The smallest absolute Gasteiger partial charge is 0.257 e. The summed E-state index contributed by atoms with van der Waals surface area (Å²) in [5, 5.41) is 4.97. The second-order valence-corrected chi connectivity index (χ2v) is 3.72. The van der Waals surface area contributed by atoms with E-state index in [1.54, 1.807) is 0 Å². The standard InChI is InChI=1S/C13H11F2N3O/c1-16-12-8(3-2-4-9(12)14)13(19)18-11-5-6-17-7-10(11)15/h2-7,16H,1H3,(H,17,18,19). The van der Waals surface area contributed by atoms with E-state index in [0.717, 1.165) is 6.20 Å². The first kappa shape index (κ1) is 12.9. The minimum Gasteiger partial charge on any atom is -0.385 e. The van der Waals surface area contributed by atoms with Crippen molar-refractivity contribution < 1.29 is 13.6 Å². The highest BCUT2D eigenvalue weighted by Gasteiger charge is 2.15. The molecule has 0 aliphatic rings. The largest absolute Gasteiger partial charge is 0.385 e. The molecule has 4 nitrogen and oxygen atoms in total. The molecule has 0 atom stereocenters. The molecule has 0 saturated heterocycles. The third kappa shape index (κ3) is 2.67. The van der Waals surface area contributed by atoms with Crippen LogP contribution in [0.1, 0.15) is 10.4 Å². The highest BCUT2D eigenvalue weighted by Crippen LogP contribution is 2.21. The summed E-state index contributed by atoms with van der Waals surface area (Å²) < 4.78 is 26.9. The third-order valence-corrected chi connectivity index (χ3v) is 2.53. The lowest BCUT2D eigenvalue weighted by molar-refractivity contribution is 0.102. The van der Waals surface area contributed by atoms with Gasteiger partial charge in [0.2, 0.25) is 0 Å². The van der Waals surface area contributed by atoms with E-state index in [9.17, 15) is 13.6 Å². The van der Waals surface area contributed by atoms with Crippen LogP contribution in [-0.2, 0) is 0 Å². The molecule has 0 aliphatic carbocycles. The summed E-state index contributed by atoms with van der Waals surface area (Å²) in [4.78, 5) is 15.6. The molecular formula is C13H11F2N3O. The molecule has 2 N–H and O–H groups in total. The molecule has 6 heteroatoms. The van der Waals surface area contributed by atoms with Crippen molar-refractivity contribution in [2.24, 2.45) is 0 Å². The molecule has 1 amide bonds. The Bertz CT molecular complexity index is 617. The van der Waals surface area contributed by atoms with E-state index >= 15 is 0 Å². The van der Waals surface area contributed by atoms with E-state index in [-0.39, 0.29) is 16.9 Å². The molecule has 1 aromatic heterocycles. The van der Waals surface area contributed by atoms with Crippen LogP contribution in [0.15, 0.2) is 36.7 Å². The lowest BCUT2D eigenvalue weighted by atomic mass is 10.1. The average Bonchev–Trinajstić information content (AvgIpc) is 2.41. The number of nitrogens with one attached hydrogen (secondary N) is 2. The van der Waals surface area contributed by atoms with Crippen molar-refractivity contribution in [3.63, 3.8) is 0 Å². The van der Waals surface area contributed by atoms with Crippen molar-refractivity contribution in [3.05, 3.63) is 53.9 Å². The molecule has 0 radical (unpaired) electrons. The van der Waals surface area contributed by atoms with Gasteiger partial charge in [0.15, 0.2) is 5.82 Å². The molecule has 98 valence electrons. The summed E-state index contributed by atoms with van der Waals surface area (Å²) in [6.07, 6.45) is 2.34. The van der Waals surface area contributed by atoms with Crippen molar-refractivity contribution in [2.45, 2.75) is 0 Å². The van der Waals surface area contributed by atoms with Crippen LogP contribution >= 0.6 is 0 Å². The van der Waals surface area contributed by atoms with Gasteiger partial charge in [-0.25, -0.2) is 8.78 Å². The molecule has 0 aliphatic heterocycles. The third-order valence-electron chi connectivity index (χ3n) is 2.53. The number of pyridine rings is 1. The van der Waals surface area contributed by atoms with Gasteiger partial charge in [0.1, 0.15) is 5.82 Å². The lowest BCUT2D eigenvalue weighted by Gasteiger charge is -2.10. The van der Waals surface area contributed by atoms with Crippen LogP contribution in [-0.4, -0.2) is 17.9 Å². The van der Waals surface area contributed by atoms with E-state index < -0.39 is 17.5 Å². The topological polar surface area (TPSA) is 54.0 Å². The van der Waals surface area contributed by atoms with Crippen LogP contribution in [0.3, 0.4) is 0 Å². The van der Waals surface area contributed by atoms with Gasteiger partial charge in [0, 0.05) is 13.2 Å². The maximum Gasteiger partial charge on any atom is 0.257 e. The number of hydrogen-bond acceptors (Lipinski definition) is 3. The van der Waals surface area contributed by atoms with Crippen molar-refractivity contribution in [2.75, 3.05) is 17.7 Å². The molecule has 1 aromatic carbocycles. The predicted octanol–water partition coefficient (Wildman–Crippen LogP) is 2.65. The van der Waals surface area contributed by atoms with E-state index in [2.05, 4.69) is 15.6 Å². The quantitative estimate of drug-likeness (QED) is 0.895. The Labute approximate surface area is 108 Å². The van der Waals surface area contributed by atoms with Gasteiger partial charge in [0.05, 0.1) is 23.1 Å². The van der Waals surface area contributed by atoms with Crippen LogP contribution in [0.5, 0.6) is 0 Å². The zero-order chi connectivity index (χ0) is 13.8. The minimum absolute atomic E-state index is 0.00804. The summed E-state index contributed by atoms with van der Waals surface area (Å²) >= 11 is 0. The van der Waals surface area contributed by atoms with Gasteiger partial charge in [-0.2, -0.15) is 0 Å². The molecule has 2 rings (SSSR count). The second kappa shape index (κ2) is 5.43. The first-order valence-corrected chi connectivity index (χ1v) is 5.50. The average molecular weight is 263 g/mol. The Hall–Kier alpha value is -2.50. The van der Waals surface area contributed by atoms with Gasteiger partial charge in [0.25, 0.3) is 5.91 Å². The maximum absolute atomic E-state index is 13.5. The van der Waals surface area contributed by atoms with Crippen molar-refractivity contribution in [1.29, 1.82) is 0 Å². The highest BCUT2D eigenvalue weighted by molar-refractivity contribution is 6.08.